The van der Waals surface area contributed by atoms with Crippen molar-refractivity contribution in [3.05, 3.63) is 77.1 Å². The lowest BCUT2D eigenvalue weighted by Crippen LogP contribution is -2.36. The van der Waals surface area contributed by atoms with Crippen LogP contribution in [0.1, 0.15) is 27.9 Å². The first-order valence-electron chi connectivity index (χ1n) is 8.98. The molecule has 4 N–H and O–H groups in total. The van der Waals surface area contributed by atoms with E-state index in [1.165, 1.54) is 12.1 Å². The molecule has 0 saturated heterocycles. The van der Waals surface area contributed by atoms with Gasteiger partial charge in [0.15, 0.2) is 5.11 Å². The quantitative estimate of drug-likeness (QED) is 0.471. The topological polar surface area (TPSA) is 90.5 Å². The van der Waals surface area contributed by atoms with Crippen LogP contribution in [0, 0.1) is 5.82 Å². The fraction of sp³-hybridized carbons (Fsp3) is 0.190. The van der Waals surface area contributed by atoms with Gasteiger partial charge in [-0.3, -0.25) is 9.59 Å². The van der Waals surface area contributed by atoms with Gasteiger partial charge in [0.25, 0.3) is 5.91 Å². The van der Waals surface area contributed by atoms with Gasteiger partial charge in [-0.2, -0.15) is 0 Å². The Morgan fingerprint density at radius 3 is 2.52 bits per heavy atom. The van der Waals surface area contributed by atoms with Crippen molar-refractivity contribution >= 4 is 35.3 Å². The molecule has 0 aliphatic rings. The molecule has 0 fully saturated rings. The number of thiocarbonyl (C=S) groups is 1. The molecule has 0 unspecified atom stereocenters. The third-order valence-electron chi connectivity index (χ3n) is 3.87. The zero-order valence-corrected chi connectivity index (χ0v) is 16.5. The summed E-state index contributed by atoms with van der Waals surface area (Å²) >= 11 is 5.03. The molecule has 8 heteroatoms. The summed E-state index contributed by atoms with van der Waals surface area (Å²) in [5.41, 5.74) is 1.34. The van der Waals surface area contributed by atoms with E-state index in [1.807, 2.05) is 30.3 Å². The molecule has 0 saturated carbocycles. The van der Waals surface area contributed by atoms with Crippen LogP contribution in [0.25, 0.3) is 6.08 Å². The number of carbonyl (C=O) groups is 2. The van der Waals surface area contributed by atoms with Crippen molar-refractivity contribution in [3.63, 3.8) is 0 Å². The number of nitrogens with one attached hydrogen (secondary N) is 3. The summed E-state index contributed by atoms with van der Waals surface area (Å²) in [7, 11) is 0. The molecule has 0 spiro atoms. The standard InChI is InChI=1S/C21H22FN3O3S/c22-17-10-4-8-16(9-5-12-23-21(29)24-13-11-18(26)27)19(17)20(28)25-14-15-6-2-1-3-7-15/h1-10H,11-14H2,(H,25,28)(H,26,27)(H2,23,24,29)/b9-5+. The highest BCUT2D eigenvalue weighted by molar-refractivity contribution is 7.80. The van der Waals surface area contributed by atoms with Gasteiger partial charge in [-0.25, -0.2) is 4.39 Å². The molecule has 2 aromatic carbocycles. The lowest BCUT2D eigenvalue weighted by Gasteiger charge is -2.10. The van der Waals surface area contributed by atoms with Crippen LogP contribution in [0.5, 0.6) is 0 Å². The minimum Gasteiger partial charge on any atom is -0.481 e. The van der Waals surface area contributed by atoms with Crippen molar-refractivity contribution in [2.75, 3.05) is 13.1 Å². The van der Waals surface area contributed by atoms with E-state index in [0.29, 0.717) is 23.8 Å². The van der Waals surface area contributed by atoms with E-state index in [9.17, 15) is 14.0 Å². The fourth-order valence-electron chi connectivity index (χ4n) is 2.47. The van der Waals surface area contributed by atoms with Crippen LogP contribution < -0.4 is 16.0 Å². The summed E-state index contributed by atoms with van der Waals surface area (Å²) in [5, 5.41) is 17.3. The third-order valence-corrected chi connectivity index (χ3v) is 4.16. The van der Waals surface area contributed by atoms with Crippen molar-refractivity contribution < 1.29 is 19.1 Å². The van der Waals surface area contributed by atoms with Crippen LogP contribution in [0.2, 0.25) is 0 Å². The molecular formula is C21H22FN3O3S. The monoisotopic (exact) mass is 415 g/mol. The molecular weight excluding hydrogens is 393 g/mol. The number of carbonyl (C=O) groups excluding carboxylic acids is 1. The van der Waals surface area contributed by atoms with Crippen molar-refractivity contribution in [3.8, 4) is 0 Å². The van der Waals surface area contributed by atoms with E-state index < -0.39 is 17.7 Å². The van der Waals surface area contributed by atoms with Gasteiger partial charge in [0.2, 0.25) is 0 Å². The number of benzene rings is 2. The molecule has 0 heterocycles. The van der Waals surface area contributed by atoms with E-state index in [-0.39, 0.29) is 18.5 Å². The second-order valence-electron chi connectivity index (χ2n) is 6.06. The predicted octanol–water partition coefficient (Wildman–Crippen LogP) is 2.71. The van der Waals surface area contributed by atoms with E-state index in [4.69, 9.17) is 17.3 Å². The Hall–Kier alpha value is -3.26. The Labute approximate surface area is 173 Å². The van der Waals surface area contributed by atoms with Gasteiger partial charge in [0.05, 0.1) is 12.0 Å². The van der Waals surface area contributed by atoms with E-state index in [1.54, 1.807) is 18.2 Å². The summed E-state index contributed by atoms with van der Waals surface area (Å²) < 4.78 is 14.3. The molecule has 29 heavy (non-hydrogen) atoms. The number of carboxylic acid groups (broad SMARTS) is 1. The summed E-state index contributed by atoms with van der Waals surface area (Å²) in [6.07, 6.45) is 3.30. The fourth-order valence-corrected chi connectivity index (χ4v) is 2.65. The highest BCUT2D eigenvalue weighted by Crippen LogP contribution is 2.15. The minimum atomic E-state index is -0.913. The van der Waals surface area contributed by atoms with Crippen LogP contribution in [0.15, 0.2) is 54.6 Å². The molecule has 0 aliphatic carbocycles. The molecule has 0 aliphatic heterocycles. The molecule has 0 aromatic heterocycles. The molecule has 0 atom stereocenters. The van der Waals surface area contributed by atoms with Gasteiger partial charge in [-0.1, -0.05) is 54.6 Å². The van der Waals surface area contributed by atoms with Gasteiger partial charge in [0.1, 0.15) is 5.82 Å². The predicted molar refractivity (Wildman–Crippen MR) is 114 cm³/mol. The maximum atomic E-state index is 14.3. The SMILES string of the molecule is O=C(O)CCNC(=S)NC/C=C/c1cccc(F)c1C(=O)NCc1ccccc1. The molecule has 1 amide bonds. The first-order valence-corrected chi connectivity index (χ1v) is 9.39. The largest absolute Gasteiger partial charge is 0.481 e. The van der Waals surface area contributed by atoms with Crippen molar-refractivity contribution in [2.24, 2.45) is 0 Å². The first kappa shape index (κ1) is 22.0. The smallest absolute Gasteiger partial charge is 0.305 e. The molecule has 0 radical (unpaired) electrons. The van der Waals surface area contributed by atoms with Gasteiger partial charge < -0.3 is 21.1 Å². The second kappa shape index (κ2) is 11.6. The van der Waals surface area contributed by atoms with Gasteiger partial charge in [-0.05, 0) is 29.4 Å². The number of halogens is 1. The van der Waals surface area contributed by atoms with Gasteiger partial charge >= 0.3 is 5.97 Å². The van der Waals surface area contributed by atoms with Gasteiger partial charge in [0, 0.05) is 19.6 Å². The number of hydrogen-bond acceptors (Lipinski definition) is 3. The molecule has 0 bridgehead atoms. The molecule has 6 nitrogen and oxygen atoms in total. The third kappa shape index (κ3) is 7.71. The lowest BCUT2D eigenvalue weighted by atomic mass is 10.1. The Bertz CT molecular complexity index is 888. The van der Waals surface area contributed by atoms with Crippen LogP contribution in [-0.2, 0) is 11.3 Å². The number of rotatable bonds is 9. The minimum absolute atomic E-state index is 0.0261. The highest BCUT2D eigenvalue weighted by Gasteiger charge is 2.15. The summed E-state index contributed by atoms with van der Waals surface area (Å²) in [6.45, 7) is 0.857. The Balaban J connectivity index is 1.93. The molecule has 152 valence electrons. The Kier molecular flexibility index (Phi) is 8.78. The summed E-state index contributed by atoms with van der Waals surface area (Å²) in [5.74, 6) is -2.01. The van der Waals surface area contributed by atoms with Crippen molar-refractivity contribution in [1.82, 2.24) is 16.0 Å². The van der Waals surface area contributed by atoms with Crippen LogP contribution >= 0.6 is 12.2 Å². The van der Waals surface area contributed by atoms with Crippen LogP contribution in [0.4, 0.5) is 4.39 Å². The number of aliphatic carboxylic acids is 1. The Morgan fingerprint density at radius 2 is 1.79 bits per heavy atom. The Morgan fingerprint density at radius 1 is 1.03 bits per heavy atom. The number of amides is 1. The van der Waals surface area contributed by atoms with Crippen LogP contribution in [-0.4, -0.2) is 35.2 Å². The first-order chi connectivity index (χ1) is 14.0. The average Bonchev–Trinajstić information content (AvgIpc) is 2.70. The van der Waals surface area contributed by atoms with E-state index in [0.717, 1.165) is 5.56 Å². The maximum Gasteiger partial charge on any atom is 0.305 e. The lowest BCUT2D eigenvalue weighted by molar-refractivity contribution is -0.136. The highest BCUT2D eigenvalue weighted by atomic mass is 32.1. The second-order valence-corrected chi connectivity index (χ2v) is 6.46. The summed E-state index contributed by atoms with van der Waals surface area (Å²) in [4.78, 5) is 23.0. The normalized spacial score (nSPS) is 10.5. The zero-order valence-electron chi connectivity index (χ0n) is 15.7. The maximum absolute atomic E-state index is 14.3. The van der Waals surface area contributed by atoms with E-state index >= 15 is 0 Å². The average molecular weight is 415 g/mol. The number of hydrogen-bond donors (Lipinski definition) is 4. The van der Waals surface area contributed by atoms with E-state index in [2.05, 4.69) is 16.0 Å². The van der Waals surface area contributed by atoms with Gasteiger partial charge in [-0.15, -0.1) is 0 Å². The molecule has 2 aromatic rings. The summed E-state index contributed by atoms with van der Waals surface area (Å²) in [6, 6.07) is 13.8. The molecule has 2 rings (SSSR count). The number of carboxylic acids is 1. The zero-order chi connectivity index (χ0) is 21.1. The van der Waals surface area contributed by atoms with Crippen molar-refractivity contribution in [1.29, 1.82) is 0 Å². The van der Waals surface area contributed by atoms with Crippen molar-refractivity contribution in [2.45, 2.75) is 13.0 Å². The van der Waals surface area contributed by atoms with Crippen LogP contribution in [0.3, 0.4) is 0 Å².